The van der Waals surface area contributed by atoms with Crippen LogP contribution in [0.5, 0.6) is 0 Å². The van der Waals surface area contributed by atoms with Gasteiger partial charge in [0, 0.05) is 24.3 Å². The zero-order valence-electron chi connectivity index (χ0n) is 18.6. The molecular weight excluding hydrogens is 360 g/mol. The van der Waals surface area contributed by atoms with Crippen molar-refractivity contribution in [1.29, 1.82) is 0 Å². The third-order valence-electron chi connectivity index (χ3n) is 5.87. The Morgan fingerprint density at radius 1 is 1.03 bits per heavy atom. The average molecular weight is 397 g/mol. The highest BCUT2D eigenvalue weighted by atomic mass is 16.6. The van der Waals surface area contributed by atoms with Gasteiger partial charge in [0.15, 0.2) is 0 Å². The number of likely N-dealkylation sites (tertiary alicyclic amines) is 1. The van der Waals surface area contributed by atoms with Gasteiger partial charge >= 0.3 is 6.09 Å². The van der Waals surface area contributed by atoms with E-state index in [1.165, 1.54) is 43.1 Å². The van der Waals surface area contributed by atoms with Crippen LogP contribution in [0.4, 0.5) is 10.5 Å². The first-order valence-corrected chi connectivity index (χ1v) is 11.1. The van der Waals surface area contributed by atoms with E-state index in [9.17, 15) is 4.79 Å². The van der Waals surface area contributed by atoms with Crippen molar-refractivity contribution in [2.24, 2.45) is 0 Å². The number of carbonyl (C=O) groups is 1. The summed E-state index contributed by atoms with van der Waals surface area (Å²) in [5, 5.41) is 5.16. The van der Waals surface area contributed by atoms with E-state index in [4.69, 9.17) is 4.74 Å². The maximum absolute atomic E-state index is 12.0. The van der Waals surface area contributed by atoms with Crippen LogP contribution in [0.25, 0.3) is 10.8 Å². The van der Waals surface area contributed by atoms with Crippen molar-refractivity contribution in [1.82, 2.24) is 4.90 Å². The number of anilines is 1. The Labute approximate surface area is 175 Å². The molecule has 0 spiro atoms. The molecule has 1 aliphatic heterocycles. The molecule has 3 rings (SSSR count). The SMILES string of the molecule is CC[C@@H]1CCC[C@H](CC)N1Cc1ccc2cc(NC(=O)OC(C)(C)C)ccc2c1. The zero-order valence-corrected chi connectivity index (χ0v) is 18.6. The normalized spacial score (nSPS) is 20.6. The summed E-state index contributed by atoms with van der Waals surface area (Å²) >= 11 is 0. The number of carbonyl (C=O) groups excluding carboxylic acids is 1. The number of hydrogen-bond acceptors (Lipinski definition) is 3. The van der Waals surface area contributed by atoms with E-state index < -0.39 is 11.7 Å². The summed E-state index contributed by atoms with van der Waals surface area (Å²) in [5.74, 6) is 0. The summed E-state index contributed by atoms with van der Waals surface area (Å²) < 4.78 is 5.34. The van der Waals surface area contributed by atoms with Gasteiger partial charge in [0.2, 0.25) is 0 Å². The number of hydrogen-bond donors (Lipinski definition) is 1. The number of nitrogens with one attached hydrogen (secondary N) is 1. The van der Waals surface area contributed by atoms with Crippen LogP contribution in [0.3, 0.4) is 0 Å². The molecule has 1 amide bonds. The van der Waals surface area contributed by atoms with Crippen LogP contribution >= 0.6 is 0 Å². The van der Waals surface area contributed by atoms with E-state index in [1.807, 2.05) is 32.9 Å². The number of piperidine rings is 1. The van der Waals surface area contributed by atoms with E-state index in [0.717, 1.165) is 17.6 Å². The number of ether oxygens (including phenoxy) is 1. The first-order valence-electron chi connectivity index (χ1n) is 11.1. The van der Waals surface area contributed by atoms with E-state index >= 15 is 0 Å². The average Bonchev–Trinajstić information content (AvgIpc) is 2.66. The van der Waals surface area contributed by atoms with Crippen molar-refractivity contribution in [3.8, 4) is 0 Å². The number of nitrogens with zero attached hydrogens (tertiary/aromatic N) is 1. The fourth-order valence-corrected chi connectivity index (χ4v) is 4.46. The minimum absolute atomic E-state index is 0.421. The lowest BCUT2D eigenvalue weighted by Gasteiger charge is -2.42. The number of amides is 1. The molecule has 0 aromatic heterocycles. The molecule has 29 heavy (non-hydrogen) atoms. The third kappa shape index (κ3) is 5.72. The maximum Gasteiger partial charge on any atom is 0.412 e. The summed E-state index contributed by atoms with van der Waals surface area (Å²) in [7, 11) is 0. The smallest absolute Gasteiger partial charge is 0.412 e. The minimum atomic E-state index is -0.503. The standard InChI is InChI=1S/C25H36N2O2/c1-6-22-9-8-10-23(7-2)27(22)17-18-11-12-20-16-21(14-13-19(20)15-18)26-24(28)29-25(3,4)5/h11-16,22-23H,6-10,17H2,1-5H3,(H,26,28)/t22-,23+. The predicted octanol–water partition coefficient (Wildman–Crippen LogP) is 6.73. The van der Waals surface area contributed by atoms with Gasteiger partial charge in [-0.3, -0.25) is 10.2 Å². The van der Waals surface area contributed by atoms with Crippen LogP contribution in [0.1, 0.15) is 72.3 Å². The van der Waals surface area contributed by atoms with Crippen LogP contribution in [0, 0.1) is 0 Å². The quantitative estimate of drug-likeness (QED) is 0.609. The van der Waals surface area contributed by atoms with Crippen molar-refractivity contribution in [3.05, 3.63) is 42.0 Å². The van der Waals surface area contributed by atoms with Crippen molar-refractivity contribution in [2.75, 3.05) is 5.32 Å². The van der Waals surface area contributed by atoms with Gasteiger partial charge < -0.3 is 4.74 Å². The van der Waals surface area contributed by atoms with E-state index in [0.29, 0.717) is 12.1 Å². The molecule has 0 saturated carbocycles. The first-order chi connectivity index (χ1) is 13.8. The minimum Gasteiger partial charge on any atom is -0.444 e. The Bertz CT molecular complexity index is 828. The molecule has 4 heteroatoms. The number of rotatable bonds is 5. The molecule has 2 aromatic rings. The van der Waals surface area contributed by atoms with Crippen molar-refractivity contribution in [3.63, 3.8) is 0 Å². The maximum atomic E-state index is 12.0. The molecule has 1 N–H and O–H groups in total. The van der Waals surface area contributed by atoms with E-state index in [-0.39, 0.29) is 0 Å². The molecule has 158 valence electrons. The second-order valence-electron chi connectivity index (χ2n) is 9.25. The van der Waals surface area contributed by atoms with Gasteiger partial charge in [-0.15, -0.1) is 0 Å². The Morgan fingerprint density at radius 3 is 2.28 bits per heavy atom. The first kappa shape index (κ1) is 21.6. The van der Waals surface area contributed by atoms with Crippen LogP contribution < -0.4 is 5.32 Å². The molecule has 1 saturated heterocycles. The van der Waals surface area contributed by atoms with Gasteiger partial charge in [-0.25, -0.2) is 4.79 Å². The van der Waals surface area contributed by atoms with Gasteiger partial charge in [0.1, 0.15) is 5.60 Å². The molecular formula is C25H36N2O2. The highest BCUT2D eigenvalue weighted by Crippen LogP contribution is 2.29. The van der Waals surface area contributed by atoms with E-state index in [1.54, 1.807) is 0 Å². The molecule has 1 aliphatic rings. The van der Waals surface area contributed by atoms with Crippen LogP contribution in [0.2, 0.25) is 0 Å². The van der Waals surface area contributed by atoms with Gasteiger partial charge in [-0.2, -0.15) is 0 Å². The van der Waals surface area contributed by atoms with Crippen LogP contribution in [-0.2, 0) is 11.3 Å². The third-order valence-corrected chi connectivity index (χ3v) is 5.87. The Hall–Kier alpha value is -2.07. The molecule has 0 aliphatic carbocycles. The van der Waals surface area contributed by atoms with Gasteiger partial charge in [-0.1, -0.05) is 38.5 Å². The largest absolute Gasteiger partial charge is 0.444 e. The van der Waals surface area contributed by atoms with E-state index in [2.05, 4.69) is 48.3 Å². The highest BCUT2D eigenvalue weighted by Gasteiger charge is 2.28. The Morgan fingerprint density at radius 2 is 1.66 bits per heavy atom. The fourth-order valence-electron chi connectivity index (χ4n) is 4.46. The molecule has 0 radical (unpaired) electrons. The lowest BCUT2D eigenvalue weighted by molar-refractivity contribution is 0.0636. The molecule has 0 unspecified atom stereocenters. The monoisotopic (exact) mass is 396 g/mol. The number of benzene rings is 2. The van der Waals surface area contributed by atoms with Crippen molar-refractivity contribution in [2.45, 2.75) is 91.0 Å². The molecule has 4 nitrogen and oxygen atoms in total. The predicted molar refractivity (Wildman–Crippen MR) is 121 cm³/mol. The van der Waals surface area contributed by atoms with Crippen LogP contribution in [0.15, 0.2) is 36.4 Å². The molecule has 1 heterocycles. The highest BCUT2D eigenvalue weighted by molar-refractivity contribution is 5.91. The fraction of sp³-hybridized carbons (Fsp3) is 0.560. The molecule has 2 atom stereocenters. The Kier molecular flexibility index (Phi) is 6.84. The Balaban J connectivity index is 1.74. The summed E-state index contributed by atoms with van der Waals surface area (Å²) in [5.41, 5.74) is 1.62. The molecule has 0 bridgehead atoms. The molecule has 1 fully saturated rings. The van der Waals surface area contributed by atoms with Gasteiger partial charge in [0.25, 0.3) is 0 Å². The topological polar surface area (TPSA) is 41.6 Å². The lowest BCUT2D eigenvalue weighted by Crippen LogP contribution is -2.45. The zero-order chi connectivity index (χ0) is 21.0. The second-order valence-corrected chi connectivity index (χ2v) is 9.25. The lowest BCUT2D eigenvalue weighted by atomic mass is 9.91. The summed E-state index contributed by atoms with van der Waals surface area (Å²) in [4.78, 5) is 14.7. The second kappa shape index (κ2) is 9.17. The van der Waals surface area contributed by atoms with Crippen molar-refractivity contribution >= 4 is 22.6 Å². The van der Waals surface area contributed by atoms with Crippen molar-refractivity contribution < 1.29 is 9.53 Å². The van der Waals surface area contributed by atoms with Gasteiger partial charge in [-0.05, 0) is 81.0 Å². The van der Waals surface area contributed by atoms with Crippen LogP contribution in [-0.4, -0.2) is 28.7 Å². The number of fused-ring (bicyclic) bond motifs is 1. The summed E-state index contributed by atoms with van der Waals surface area (Å²) in [6.45, 7) is 11.2. The molecule has 2 aromatic carbocycles. The summed E-state index contributed by atoms with van der Waals surface area (Å²) in [6, 6.07) is 14.1. The summed E-state index contributed by atoms with van der Waals surface area (Å²) in [6.07, 6.45) is 6.03. The van der Waals surface area contributed by atoms with Gasteiger partial charge in [0.05, 0.1) is 0 Å².